The molecule has 0 atom stereocenters. The molecule has 0 amide bonds. The van der Waals surface area contributed by atoms with Gasteiger partial charge in [-0.2, -0.15) is 0 Å². The van der Waals surface area contributed by atoms with Crippen molar-refractivity contribution >= 4 is 26.8 Å². The average Bonchev–Trinajstić information content (AvgIpc) is 2.08. The zero-order valence-corrected chi connectivity index (χ0v) is 9.38. The Kier molecular flexibility index (Phi) is 2.15. The van der Waals surface area contributed by atoms with Crippen LogP contribution in [0, 0.1) is 13.8 Å². The number of aromatic nitrogens is 1. The minimum absolute atomic E-state index is 0.330. The van der Waals surface area contributed by atoms with Gasteiger partial charge in [0.2, 0.25) is 0 Å². The van der Waals surface area contributed by atoms with E-state index in [1.54, 1.807) is 13.0 Å². The Hall–Kier alpha value is -1.16. The van der Waals surface area contributed by atoms with E-state index in [4.69, 9.17) is 4.42 Å². The van der Waals surface area contributed by atoms with Gasteiger partial charge in [0.05, 0.1) is 10.9 Å². The Morgan fingerprint density at radius 1 is 1.36 bits per heavy atom. The number of hydrogen-bond acceptors (Lipinski definition) is 3. The normalized spacial score (nSPS) is 10.8. The van der Waals surface area contributed by atoms with Crippen LogP contribution >= 0.6 is 15.9 Å². The Morgan fingerprint density at radius 2 is 2.07 bits per heavy atom. The smallest absolute Gasteiger partial charge is 0.346 e. The third-order valence-electron chi connectivity index (χ3n) is 2.02. The number of nitrogens with zero attached hydrogens (tertiary/aromatic N) is 1. The lowest BCUT2D eigenvalue weighted by atomic mass is 10.2. The van der Waals surface area contributed by atoms with E-state index in [2.05, 4.69) is 20.9 Å². The first-order valence-corrected chi connectivity index (χ1v) is 4.95. The quantitative estimate of drug-likeness (QED) is 0.725. The van der Waals surface area contributed by atoms with Gasteiger partial charge in [0.25, 0.3) is 0 Å². The molecular weight excluding hydrogens is 246 g/mol. The molecule has 1 aromatic heterocycles. The molecule has 0 saturated carbocycles. The van der Waals surface area contributed by atoms with E-state index in [9.17, 15) is 4.79 Å². The molecule has 2 rings (SSSR count). The summed E-state index contributed by atoms with van der Waals surface area (Å²) in [6, 6.07) is 3.60. The summed E-state index contributed by atoms with van der Waals surface area (Å²) in [5.74, 6) is 0.387. The van der Waals surface area contributed by atoms with Gasteiger partial charge in [-0.15, -0.1) is 0 Å². The van der Waals surface area contributed by atoms with Crippen LogP contribution in [0.5, 0.6) is 0 Å². The van der Waals surface area contributed by atoms with E-state index < -0.39 is 0 Å². The lowest BCUT2D eigenvalue weighted by Crippen LogP contribution is -2.03. The van der Waals surface area contributed by atoms with Crippen LogP contribution in [0.1, 0.15) is 11.5 Å². The van der Waals surface area contributed by atoms with Crippen LogP contribution in [0.25, 0.3) is 10.9 Å². The van der Waals surface area contributed by atoms with Gasteiger partial charge in [-0.05, 0) is 24.6 Å². The maximum atomic E-state index is 11.4. The van der Waals surface area contributed by atoms with E-state index >= 15 is 0 Å². The molecule has 1 aromatic carbocycles. The summed E-state index contributed by atoms with van der Waals surface area (Å²) in [6.45, 7) is 3.58. The fraction of sp³-hybridized carbons (Fsp3) is 0.200. The van der Waals surface area contributed by atoms with Crippen molar-refractivity contribution in [2.75, 3.05) is 0 Å². The monoisotopic (exact) mass is 253 g/mol. The Balaban J connectivity index is 2.96. The second-order valence-corrected chi connectivity index (χ2v) is 3.99. The Bertz CT molecular complexity index is 560. The maximum absolute atomic E-state index is 11.4. The number of benzene rings is 1. The number of halogens is 1. The van der Waals surface area contributed by atoms with Crippen molar-refractivity contribution < 1.29 is 4.42 Å². The van der Waals surface area contributed by atoms with E-state index in [-0.39, 0.29) is 5.63 Å². The van der Waals surface area contributed by atoms with E-state index in [0.29, 0.717) is 16.8 Å². The van der Waals surface area contributed by atoms with Crippen LogP contribution in [0.2, 0.25) is 0 Å². The van der Waals surface area contributed by atoms with Gasteiger partial charge in [-0.25, -0.2) is 9.78 Å². The van der Waals surface area contributed by atoms with Crippen LogP contribution in [-0.2, 0) is 0 Å². The van der Waals surface area contributed by atoms with E-state index in [1.807, 2.05) is 13.0 Å². The first kappa shape index (κ1) is 9.40. The molecule has 0 saturated heterocycles. The van der Waals surface area contributed by atoms with Crippen molar-refractivity contribution in [2.24, 2.45) is 0 Å². The molecule has 0 aliphatic heterocycles. The first-order valence-electron chi connectivity index (χ1n) is 4.15. The third-order valence-corrected chi connectivity index (χ3v) is 2.87. The zero-order valence-electron chi connectivity index (χ0n) is 7.80. The summed E-state index contributed by atoms with van der Waals surface area (Å²) in [7, 11) is 0. The van der Waals surface area contributed by atoms with E-state index in [0.717, 1.165) is 10.0 Å². The van der Waals surface area contributed by atoms with Crippen LogP contribution in [0.15, 0.2) is 25.8 Å². The summed E-state index contributed by atoms with van der Waals surface area (Å²) in [5, 5.41) is 0.524. The van der Waals surface area contributed by atoms with Crippen LogP contribution in [0.3, 0.4) is 0 Å². The van der Waals surface area contributed by atoms with Crippen molar-refractivity contribution in [3.05, 3.63) is 38.5 Å². The van der Waals surface area contributed by atoms with Gasteiger partial charge in [0.1, 0.15) is 0 Å². The highest BCUT2D eigenvalue weighted by Crippen LogP contribution is 2.20. The SMILES string of the molecule is Cc1nc2cc(Br)c(C)cc2c(=O)o1. The number of hydrogen-bond donors (Lipinski definition) is 0. The summed E-state index contributed by atoms with van der Waals surface area (Å²) in [6.07, 6.45) is 0. The van der Waals surface area contributed by atoms with Gasteiger partial charge in [-0.3, -0.25) is 0 Å². The second kappa shape index (κ2) is 3.20. The Labute approximate surface area is 88.9 Å². The van der Waals surface area contributed by atoms with Crippen LogP contribution in [0.4, 0.5) is 0 Å². The van der Waals surface area contributed by atoms with Crippen molar-refractivity contribution in [2.45, 2.75) is 13.8 Å². The highest BCUT2D eigenvalue weighted by atomic mass is 79.9. The molecule has 0 unspecified atom stereocenters. The van der Waals surface area contributed by atoms with Gasteiger partial charge in [0.15, 0.2) is 5.89 Å². The first-order chi connectivity index (χ1) is 6.58. The average molecular weight is 254 g/mol. The summed E-state index contributed by atoms with van der Waals surface area (Å²) >= 11 is 3.39. The van der Waals surface area contributed by atoms with Crippen molar-refractivity contribution in [3.8, 4) is 0 Å². The van der Waals surface area contributed by atoms with Crippen LogP contribution in [-0.4, -0.2) is 4.98 Å². The predicted molar refractivity (Wildman–Crippen MR) is 57.5 cm³/mol. The maximum Gasteiger partial charge on any atom is 0.346 e. The molecule has 0 bridgehead atoms. The van der Waals surface area contributed by atoms with Gasteiger partial charge in [-0.1, -0.05) is 15.9 Å². The lowest BCUT2D eigenvalue weighted by Gasteiger charge is -2.00. The number of rotatable bonds is 0. The molecule has 14 heavy (non-hydrogen) atoms. The molecule has 0 aliphatic rings. The predicted octanol–water partition coefficient (Wildman–Crippen LogP) is 2.57. The summed E-state index contributed by atoms with van der Waals surface area (Å²) < 4.78 is 5.85. The molecule has 0 N–H and O–H groups in total. The highest BCUT2D eigenvalue weighted by Gasteiger charge is 2.05. The minimum Gasteiger partial charge on any atom is -0.408 e. The second-order valence-electron chi connectivity index (χ2n) is 3.14. The molecule has 72 valence electrons. The molecular formula is C10H8BrNO2. The minimum atomic E-state index is -0.330. The molecule has 2 aromatic rings. The summed E-state index contributed by atoms with van der Waals surface area (Å²) in [4.78, 5) is 15.6. The standard InChI is InChI=1S/C10H8BrNO2/c1-5-3-7-9(4-8(5)11)12-6(2)14-10(7)13/h3-4H,1-2H3. The zero-order chi connectivity index (χ0) is 10.3. The molecule has 3 nitrogen and oxygen atoms in total. The number of aryl methyl sites for hydroxylation is 2. The highest BCUT2D eigenvalue weighted by molar-refractivity contribution is 9.10. The van der Waals surface area contributed by atoms with Crippen molar-refractivity contribution in [1.29, 1.82) is 0 Å². The number of fused-ring (bicyclic) bond motifs is 1. The van der Waals surface area contributed by atoms with Crippen molar-refractivity contribution in [1.82, 2.24) is 4.98 Å². The Morgan fingerprint density at radius 3 is 2.79 bits per heavy atom. The molecule has 0 fully saturated rings. The van der Waals surface area contributed by atoms with Crippen molar-refractivity contribution in [3.63, 3.8) is 0 Å². The van der Waals surface area contributed by atoms with Gasteiger partial charge in [0, 0.05) is 11.4 Å². The third kappa shape index (κ3) is 1.46. The fourth-order valence-electron chi connectivity index (χ4n) is 1.31. The van der Waals surface area contributed by atoms with E-state index in [1.165, 1.54) is 0 Å². The van der Waals surface area contributed by atoms with Gasteiger partial charge < -0.3 is 4.42 Å². The molecule has 0 spiro atoms. The molecule has 4 heteroatoms. The lowest BCUT2D eigenvalue weighted by molar-refractivity contribution is 0.467. The summed E-state index contributed by atoms with van der Waals surface area (Å²) in [5.41, 5.74) is 1.33. The fourth-order valence-corrected chi connectivity index (χ4v) is 1.64. The van der Waals surface area contributed by atoms with Gasteiger partial charge >= 0.3 is 5.63 Å². The topological polar surface area (TPSA) is 43.1 Å². The largest absolute Gasteiger partial charge is 0.408 e. The molecule has 1 heterocycles. The molecule has 0 radical (unpaired) electrons. The molecule has 0 aliphatic carbocycles. The van der Waals surface area contributed by atoms with Crippen LogP contribution < -0.4 is 5.63 Å².